The van der Waals surface area contributed by atoms with Crippen molar-refractivity contribution < 1.29 is 9.47 Å². The number of hydrogen-bond acceptors (Lipinski definition) is 2. The molecule has 1 spiro atoms. The smallest absolute Gasteiger partial charge is 0.171 e. The van der Waals surface area contributed by atoms with Gasteiger partial charge < -0.3 is 9.47 Å². The Hall–Kier alpha value is -0.0800. The summed E-state index contributed by atoms with van der Waals surface area (Å²) in [5.74, 6) is 5.62. The molecular formula is C27H44O2. The Bertz CT molecular complexity index is 651. The average Bonchev–Trinajstić information content (AvgIpc) is 3.15. The number of ether oxygens (including phenoxy) is 2. The highest BCUT2D eigenvalue weighted by atomic mass is 16.7. The van der Waals surface area contributed by atoms with E-state index in [-0.39, 0.29) is 5.79 Å². The molecular weight excluding hydrogens is 356 g/mol. The van der Waals surface area contributed by atoms with Crippen LogP contribution in [-0.2, 0) is 9.47 Å². The lowest BCUT2D eigenvalue weighted by atomic mass is 9.44. The van der Waals surface area contributed by atoms with Crippen molar-refractivity contribution in [1.82, 2.24) is 0 Å². The van der Waals surface area contributed by atoms with Gasteiger partial charge in [-0.2, -0.15) is 0 Å². The first-order chi connectivity index (χ1) is 13.9. The minimum Gasteiger partial charge on any atom is -0.349 e. The van der Waals surface area contributed by atoms with Gasteiger partial charge in [0.25, 0.3) is 0 Å². The van der Waals surface area contributed by atoms with Gasteiger partial charge in [0, 0.05) is 12.3 Å². The fourth-order valence-corrected chi connectivity index (χ4v) is 10.3. The summed E-state index contributed by atoms with van der Waals surface area (Å²) in [4.78, 5) is 0. The molecule has 6 rings (SSSR count). The fourth-order valence-electron chi connectivity index (χ4n) is 10.3. The molecule has 0 aromatic rings. The van der Waals surface area contributed by atoms with Crippen molar-refractivity contribution in [3.63, 3.8) is 0 Å². The summed E-state index contributed by atoms with van der Waals surface area (Å²) in [5, 5.41) is 0. The first-order valence-electron chi connectivity index (χ1n) is 13.2. The molecule has 2 saturated heterocycles. The Labute approximate surface area is 178 Å². The van der Waals surface area contributed by atoms with Gasteiger partial charge >= 0.3 is 0 Å². The van der Waals surface area contributed by atoms with E-state index in [1.807, 2.05) is 0 Å². The highest BCUT2D eigenvalue weighted by Crippen LogP contribution is 2.71. The molecule has 164 valence electrons. The van der Waals surface area contributed by atoms with Gasteiger partial charge in [0.1, 0.15) is 0 Å². The van der Waals surface area contributed by atoms with Crippen molar-refractivity contribution in [1.29, 1.82) is 0 Å². The summed E-state index contributed by atoms with van der Waals surface area (Å²) >= 11 is 0. The van der Waals surface area contributed by atoms with Gasteiger partial charge in [-0.15, -0.1) is 0 Å². The standard InChI is InChI=1S/C27H44O2/c1-17-10-14-27(28-16-17)18(2)24-23(29-27)15-22-20-9-8-19-7-5-6-12-25(19,3)21(20)11-13-26(22,24)4/h17-24H,5-16H2,1-4H3/t17-,18-,19+,20+,21-,22-,23+,24-,25-,26-,27+/m0/s1. The Morgan fingerprint density at radius 2 is 1.66 bits per heavy atom. The normalized spacial score (nSPS) is 61.7. The Morgan fingerprint density at radius 1 is 0.793 bits per heavy atom. The van der Waals surface area contributed by atoms with Crippen LogP contribution in [0, 0.1) is 52.3 Å². The zero-order valence-corrected chi connectivity index (χ0v) is 19.4. The Balaban J connectivity index is 1.27. The number of hydrogen-bond donors (Lipinski definition) is 0. The van der Waals surface area contributed by atoms with Crippen LogP contribution in [0.25, 0.3) is 0 Å². The van der Waals surface area contributed by atoms with E-state index < -0.39 is 0 Å². The number of rotatable bonds is 0. The minimum absolute atomic E-state index is 0.250. The van der Waals surface area contributed by atoms with Gasteiger partial charge in [0.15, 0.2) is 5.79 Å². The summed E-state index contributed by atoms with van der Waals surface area (Å²) in [6, 6.07) is 0. The van der Waals surface area contributed by atoms with Gasteiger partial charge in [-0.1, -0.05) is 40.5 Å². The maximum absolute atomic E-state index is 6.92. The van der Waals surface area contributed by atoms with Crippen LogP contribution in [0.4, 0.5) is 0 Å². The SMILES string of the molecule is C[C@H]1CC[C@@]2(OC1)O[C@@H]1C[C@H]3[C@@H]4CC[C@H]5CCCC[C@]5(C)[C@H]4CC[C@]3(C)[C@H]1[C@@H]2C. The topological polar surface area (TPSA) is 18.5 Å². The molecule has 6 fully saturated rings. The minimum atomic E-state index is -0.250. The molecule has 2 nitrogen and oxygen atoms in total. The molecule has 2 heteroatoms. The largest absolute Gasteiger partial charge is 0.349 e. The van der Waals surface area contributed by atoms with E-state index in [2.05, 4.69) is 27.7 Å². The van der Waals surface area contributed by atoms with Gasteiger partial charge in [-0.05, 0) is 97.7 Å². The van der Waals surface area contributed by atoms with Crippen LogP contribution in [0.15, 0.2) is 0 Å². The lowest BCUT2D eigenvalue weighted by Crippen LogP contribution is -2.54. The average molecular weight is 401 g/mol. The molecule has 4 aliphatic carbocycles. The highest BCUT2D eigenvalue weighted by Gasteiger charge is 2.68. The molecule has 29 heavy (non-hydrogen) atoms. The van der Waals surface area contributed by atoms with Gasteiger partial charge in [0.2, 0.25) is 0 Å². The van der Waals surface area contributed by atoms with Crippen LogP contribution in [0.2, 0.25) is 0 Å². The quantitative estimate of drug-likeness (QED) is 0.444. The van der Waals surface area contributed by atoms with Crippen molar-refractivity contribution in [3.05, 3.63) is 0 Å². The van der Waals surface area contributed by atoms with Crippen molar-refractivity contribution in [2.45, 2.75) is 110 Å². The molecule has 2 aliphatic heterocycles. The first-order valence-corrected chi connectivity index (χ1v) is 13.2. The second kappa shape index (κ2) is 6.47. The zero-order chi connectivity index (χ0) is 20.0. The van der Waals surface area contributed by atoms with Crippen LogP contribution in [0.5, 0.6) is 0 Å². The second-order valence-electron chi connectivity index (χ2n) is 12.9. The van der Waals surface area contributed by atoms with E-state index in [4.69, 9.17) is 9.47 Å². The molecule has 11 atom stereocenters. The molecule has 0 unspecified atom stereocenters. The molecule has 4 saturated carbocycles. The molecule has 6 aliphatic rings. The predicted molar refractivity (Wildman–Crippen MR) is 116 cm³/mol. The molecule has 0 aromatic heterocycles. The fraction of sp³-hybridized carbons (Fsp3) is 1.00. The van der Waals surface area contributed by atoms with Crippen LogP contribution >= 0.6 is 0 Å². The zero-order valence-electron chi connectivity index (χ0n) is 19.4. The lowest BCUT2D eigenvalue weighted by Gasteiger charge is -2.61. The summed E-state index contributed by atoms with van der Waals surface area (Å²) in [6.07, 6.45) is 16.2. The monoisotopic (exact) mass is 400 g/mol. The summed E-state index contributed by atoms with van der Waals surface area (Å²) < 4.78 is 13.4. The third-order valence-corrected chi connectivity index (χ3v) is 11.9. The van der Waals surface area contributed by atoms with E-state index in [1.54, 1.807) is 0 Å². The van der Waals surface area contributed by atoms with Crippen LogP contribution in [0.3, 0.4) is 0 Å². The highest BCUT2D eigenvalue weighted by molar-refractivity contribution is 5.15. The summed E-state index contributed by atoms with van der Waals surface area (Å²) in [5.41, 5.74) is 1.13. The Kier molecular flexibility index (Phi) is 4.37. The van der Waals surface area contributed by atoms with Crippen molar-refractivity contribution >= 4 is 0 Å². The third kappa shape index (κ3) is 2.54. The van der Waals surface area contributed by atoms with E-state index in [1.165, 1.54) is 64.2 Å². The van der Waals surface area contributed by atoms with Crippen molar-refractivity contribution in [2.24, 2.45) is 52.3 Å². The van der Waals surface area contributed by atoms with Crippen molar-refractivity contribution in [2.75, 3.05) is 6.61 Å². The molecule has 0 aromatic carbocycles. The Morgan fingerprint density at radius 3 is 2.45 bits per heavy atom. The van der Waals surface area contributed by atoms with E-state index in [0.29, 0.717) is 28.8 Å². The molecule has 0 radical (unpaired) electrons. The van der Waals surface area contributed by atoms with Crippen LogP contribution in [-0.4, -0.2) is 18.5 Å². The summed E-state index contributed by atoms with van der Waals surface area (Å²) in [7, 11) is 0. The van der Waals surface area contributed by atoms with Gasteiger partial charge in [-0.3, -0.25) is 0 Å². The van der Waals surface area contributed by atoms with E-state index >= 15 is 0 Å². The van der Waals surface area contributed by atoms with Gasteiger partial charge in [0.05, 0.1) is 12.7 Å². The molecule has 0 N–H and O–H groups in total. The van der Waals surface area contributed by atoms with Crippen LogP contribution < -0.4 is 0 Å². The van der Waals surface area contributed by atoms with E-state index in [0.717, 1.165) is 42.6 Å². The van der Waals surface area contributed by atoms with E-state index in [9.17, 15) is 0 Å². The maximum Gasteiger partial charge on any atom is 0.171 e. The lowest BCUT2D eigenvalue weighted by molar-refractivity contribution is -0.273. The molecule has 0 bridgehead atoms. The van der Waals surface area contributed by atoms with Gasteiger partial charge in [-0.25, -0.2) is 0 Å². The molecule has 0 amide bonds. The first kappa shape index (κ1) is 19.6. The van der Waals surface area contributed by atoms with Crippen LogP contribution in [0.1, 0.15) is 98.3 Å². The molecule has 2 heterocycles. The predicted octanol–water partition coefficient (Wildman–Crippen LogP) is 6.82. The second-order valence-corrected chi connectivity index (χ2v) is 12.9. The van der Waals surface area contributed by atoms with Crippen molar-refractivity contribution in [3.8, 4) is 0 Å². The third-order valence-electron chi connectivity index (χ3n) is 11.9. The number of fused-ring (bicyclic) bond motifs is 7. The summed E-state index contributed by atoms with van der Waals surface area (Å²) in [6.45, 7) is 11.1. The maximum atomic E-state index is 6.92.